The summed E-state index contributed by atoms with van der Waals surface area (Å²) in [7, 11) is 0. The van der Waals surface area contributed by atoms with Crippen molar-refractivity contribution in [3.8, 4) is 0 Å². The summed E-state index contributed by atoms with van der Waals surface area (Å²) in [6, 6.07) is 15.6. The molecule has 140 valence electrons. The van der Waals surface area contributed by atoms with Gasteiger partial charge in [-0.1, -0.05) is 36.4 Å². The molecule has 1 aliphatic rings. The molecule has 0 fully saturated rings. The Morgan fingerprint density at radius 2 is 1.15 bits per heavy atom. The van der Waals surface area contributed by atoms with Crippen LogP contribution in [0.25, 0.3) is 5.57 Å². The van der Waals surface area contributed by atoms with Crippen LogP contribution in [-0.2, 0) is 4.79 Å². The number of hydrogen-bond acceptors (Lipinski definition) is 4. The Kier molecular flexibility index (Phi) is 8.04. The fourth-order valence-electron chi connectivity index (χ4n) is 2.44. The average Bonchev–Trinajstić information content (AvgIpc) is 2.60. The fourth-order valence-corrected chi connectivity index (χ4v) is 2.44. The van der Waals surface area contributed by atoms with Crippen LogP contribution in [0.2, 0.25) is 0 Å². The molecule has 6 heteroatoms. The summed E-state index contributed by atoms with van der Waals surface area (Å²) in [5, 5.41) is 15.1. The van der Waals surface area contributed by atoms with Crippen LogP contribution in [0, 0.1) is 5.41 Å². The number of allylic oxidation sites excluding steroid dienone is 5. The Labute approximate surface area is 164 Å². The summed E-state index contributed by atoms with van der Waals surface area (Å²) < 4.78 is 0. The van der Waals surface area contributed by atoms with Gasteiger partial charge >= 0.3 is 0 Å². The number of nitrogens with one attached hydrogen (secondary N) is 1. The molecule has 1 aliphatic carbocycles. The summed E-state index contributed by atoms with van der Waals surface area (Å²) in [5.41, 5.74) is 17.9. The highest BCUT2D eigenvalue weighted by Crippen LogP contribution is 2.30. The van der Waals surface area contributed by atoms with Crippen molar-refractivity contribution in [2.45, 2.75) is 6.92 Å². The van der Waals surface area contributed by atoms with Gasteiger partial charge in [0.05, 0.1) is 5.71 Å². The number of nitrogens with two attached hydrogens (primary N) is 2. The first kappa shape index (κ1) is 21.7. The maximum Gasteiger partial charge on any atom is 0.300 e. The number of nitrogen functional groups attached to an aromatic ring is 2. The van der Waals surface area contributed by atoms with Gasteiger partial charge in [0, 0.05) is 18.3 Å². The van der Waals surface area contributed by atoms with E-state index < -0.39 is 5.97 Å². The number of carboxylic acid groups (broad SMARTS) is 1. The zero-order chi connectivity index (χ0) is 19.1. The van der Waals surface area contributed by atoms with Gasteiger partial charge in [-0.25, -0.2) is 0 Å². The normalized spacial score (nSPS) is 11.9. The molecule has 0 saturated carbocycles. The molecule has 0 amide bonds. The van der Waals surface area contributed by atoms with Gasteiger partial charge in [-0.05, 0) is 58.7 Å². The van der Waals surface area contributed by atoms with Crippen LogP contribution in [-0.4, -0.2) is 16.8 Å². The first-order chi connectivity index (χ1) is 12.4. The zero-order valence-electron chi connectivity index (χ0n) is 14.8. The lowest BCUT2D eigenvalue weighted by atomic mass is 9.90. The van der Waals surface area contributed by atoms with Crippen molar-refractivity contribution in [2.24, 2.45) is 0 Å². The first-order valence-corrected chi connectivity index (χ1v) is 7.97. The molecule has 27 heavy (non-hydrogen) atoms. The van der Waals surface area contributed by atoms with Gasteiger partial charge in [-0.15, -0.1) is 12.4 Å². The maximum atomic E-state index is 9.00. The second kappa shape index (κ2) is 9.99. The molecule has 0 atom stereocenters. The highest BCUT2D eigenvalue weighted by molar-refractivity contribution is 6.05. The lowest BCUT2D eigenvalue weighted by molar-refractivity contribution is -0.134. The number of hydrogen-bond donors (Lipinski definition) is 4. The van der Waals surface area contributed by atoms with Crippen LogP contribution in [0.1, 0.15) is 18.1 Å². The van der Waals surface area contributed by atoms with Crippen LogP contribution in [0.15, 0.2) is 78.4 Å². The average molecular weight is 384 g/mol. The molecule has 2 aromatic carbocycles. The number of rotatable bonds is 2. The van der Waals surface area contributed by atoms with Crippen LogP contribution >= 0.6 is 12.4 Å². The Morgan fingerprint density at radius 3 is 1.48 bits per heavy atom. The smallest absolute Gasteiger partial charge is 0.300 e. The minimum atomic E-state index is -0.833. The van der Waals surface area contributed by atoms with E-state index in [1.165, 1.54) is 0 Å². The monoisotopic (exact) mass is 383 g/mol. The highest BCUT2D eigenvalue weighted by Gasteiger charge is 2.10. The Balaban J connectivity index is 0.000000666. The van der Waals surface area contributed by atoms with Crippen molar-refractivity contribution in [3.05, 3.63) is 89.5 Å². The maximum absolute atomic E-state index is 9.00. The van der Waals surface area contributed by atoms with Crippen LogP contribution in [0.3, 0.4) is 0 Å². The minimum Gasteiger partial charge on any atom is -0.481 e. The summed E-state index contributed by atoms with van der Waals surface area (Å²) in [6.45, 7) is 1.08. The van der Waals surface area contributed by atoms with Crippen molar-refractivity contribution in [1.82, 2.24) is 0 Å². The summed E-state index contributed by atoms with van der Waals surface area (Å²) in [5.74, 6) is -0.833. The predicted molar refractivity (Wildman–Crippen MR) is 114 cm³/mol. The van der Waals surface area contributed by atoms with E-state index in [1.807, 2.05) is 60.7 Å². The largest absolute Gasteiger partial charge is 0.481 e. The number of aliphatic carboxylic acids is 1. The molecule has 0 spiro atoms. The molecule has 6 N–H and O–H groups in total. The number of halogens is 1. The Bertz CT molecular complexity index is 827. The van der Waals surface area contributed by atoms with E-state index in [2.05, 4.69) is 0 Å². The van der Waals surface area contributed by atoms with Crippen LogP contribution in [0.4, 0.5) is 11.4 Å². The second-order valence-electron chi connectivity index (χ2n) is 5.72. The van der Waals surface area contributed by atoms with E-state index in [0.717, 1.165) is 40.6 Å². The second-order valence-corrected chi connectivity index (χ2v) is 5.72. The lowest BCUT2D eigenvalue weighted by Gasteiger charge is -2.14. The minimum absolute atomic E-state index is 0. The van der Waals surface area contributed by atoms with E-state index in [4.69, 9.17) is 26.8 Å². The lowest BCUT2D eigenvalue weighted by Crippen LogP contribution is -1.97. The molecule has 0 unspecified atom stereocenters. The standard InChI is InChI=1S/C19H17N3.C2H4O2.ClH/c20-16-7-1-13(2-8-16)19(14-3-9-17(21)10-4-14)15-5-11-18(22)12-6-15;1-2(3)4;/h1-12,20H,21-22H2;1H3,(H,3,4);1H. The molecule has 5 nitrogen and oxygen atoms in total. The van der Waals surface area contributed by atoms with Gasteiger partial charge in [0.2, 0.25) is 0 Å². The zero-order valence-corrected chi connectivity index (χ0v) is 15.7. The third-order valence-electron chi connectivity index (χ3n) is 3.57. The SMILES string of the molecule is CC(=O)O.Cl.N=C1C=CC(=C(c2ccc(N)cc2)c2ccc(N)cc2)C=C1. The molecule has 0 bridgehead atoms. The quantitative estimate of drug-likeness (QED) is 0.578. The number of anilines is 2. The molecule has 3 rings (SSSR count). The molecule has 0 saturated heterocycles. The fraction of sp³-hybridized carbons (Fsp3) is 0.0476. The predicted octanol–water partition coefficient (Wildman–Crippen LogP) is 4.31. The third kappa shape index (κ3) is 6.49. The number of carboxylic acids is 1. The van der Waals surface area contributed by atoms with E-state index in [9.17, 15) is 0 Å². The van der Waals surface area contributed by atoms with Gasteiger partial charge in [-0.3, -0.25) is 4.79 Å². The molecule has 0 heterocycles. The first-order valence-electron chi connectivity index (χ1n) is 7.97. The van der Waals surface area contributed by atoms with Crippen LogP contribution in [0.5, 0.6) is 0 Å². The number of benzene rings is 2. The van der Waals surface area contributed by atoms with Gasteiger partial charge < -0.3 is 22.0 Å². The van der Waals surface area contributed by atoms with Crippen LogP contribution < -0.4 is 11.5 Å². The summed E-state index contributed by atoms with van der Waals surface area (Å²) in [6.07, 6.45) is 7.52. The molecular formula is C21H22ClN3O2. The third-order valence-corrected chi connectivity index (χ3v) is 3.57. The van der Waals surface area contributed by atoms with Crippen molar-refractivity contribution < 1.29 is 9.90 Å². The van der Waals surface area contributed by atoms with Crippen molar-refractivity contribution in [1.29, 1.82) is 5.41 Å². The molecule has 0 aliphatic heterocycles. The van der Waals surface area contributed by atoms with Crippen molar-refractivity contribution >= 4 is 41.0 Å². The molecular weight excluding hydrogens is 362 g/mol. The Morgan fingerprint density at radius 1 is 0.815 bits per heavy atom. The van der Waals surface area contributed by atoms with Gasteiger partial charge in [0.1, 0.15) is 0 Å². The molecule has 0 radical (unpaired) electrons. The van der Waals surface area contributed by atoms with Crippen molar-refractivity contribution in [2.75, 3.05) is 11.5 Å². The molecule has 2 aromatic rings. The highest BCUT2D eigenvalue weighted by atomic mass is 35.5. The van der Waals surface area contributed by atoms with Gasteiger partial charge in [0.25, 0.3) is 5.97 Å². The van der Waals surface area contributed by atoms with Gasteiger partial charge in [-0.2, -0.15) is 0 Å². The molecule has 0 aromatic heterocycles. The summed E-state index contributed by atoms with van der Waals surface area (Å²) >= 11 is 0. The van der Waals surface area contributed by atoms with Gasteiger partial charge in [0.15, 0.2) is 0 Å². The van der Waals surface area contributed by atoms with E-state index in [0.29, 0.717) is 5.71 Å². The number of carbonyl (C=O) groups is 1. The topological polar surface area (TPSA) is 113 Å². The van der Waals surface area contributed by atoms with Crippen molar-refractivity contribution in [3.63, 3.8) is 0 Å². The van der Waals surface area contributed by atoms with E-state index in [1.54, 1.807) is 12.2 Å². The Hall–Kier alpha value is -3.31. The van der Waals surface area contributed by atoms with E-state index in [-0.39, 0.29) is 12.4 Å². The van der Waals surface area contributed by atoms with E-state index >= 15 is 0 Å². The summed E-state index contributed by atoms with van der Waals surface area (Å²) in [4.78, 5) is 9.00.